The third-order valence-electron chi connectivity index (χ3n) is 4.95. The predicted molar refractivity (Wildman–Crippen MR) is 123 cm³/mol. The molecule has 0 bridgehead atoms. The van der Waals surface area contributed by atoms with Gasteiger partial charge in [0.1, 0.15) is 5.76 Å². The van der Waals surface area contributed by atoms with Crippen molar-refractivity contribution in [2.75, 3.05) is 12.8 Å². The molecule has 1 amide bonds. The van der Waals surface area contributed by atoms with E-state index in [-0.39, 0.29) is 17.2 Å². The molecule has 0 radical (unpaired) electrons. The number of benzene rings is 2. The minimum absolute atomic E-state index is 0.0989. The van der Waals surface area contributed by atoms with Crippen molar-refractivity contribution in [3.63, 3.8) is 0 Å². The van der Waals surface area contributed by atoms with Crippen molar-refractivity contribution in [3.8, 4) is 5.69 Å². The van der Waals surface area contributed by atoms with Crippen LogP contribution in [0.3, 0.4) is 0 Å². The number of para-hydroxylation sites is 1. The highest BCUT2D eigenvalue weighted by Crippen LogP contribution is 2.26. The first-order chi connectivity index (χ1) is 15.0. The third-order valence-corrected chi connectivity index (χ3v) is 6.28. The van der Waals surface area contributed by atoms with Crippen molar-refractivity contribution >= 4 is 40.2 Å². The van der Waals surface area contributed by atoms with Gasteiger partial charge in [-0.25, -0.2) is 4.98 Å². The summed E-state index contributed by atoms with van der Waals surface area (Å²) in [4.78, 5) is 32.3. The number of hydrogen-bond donors (Lipinski definition) is 0. The lowest BCUT2D eigenvalue weighted by molar-refractivity contribution is -0.127. The van der Waals surface area contributed by atoms with Crippen molar-refractivity contribution in [1.29, 1.82) is 0 Å². The average molecular weight is 454 g/mol. The number of carbonyl (C=O) groups is 1. The van der Waals surface area contributed by atoms with Gasteiger partial charge in [-0.05, 0) is 48.9 Å². The van der Waals surface area contributed by atoms with Gasteiger partial charge in [0, 0.05) is 12.1 Å². The number of furan rings is 1. The molecule has 4 aromatic rings. The third kappa shape index (κ3) is 4.38. The fraction of sp³-hybridized carbons (Fsp3) is 0.174. The lowest BCUT2D eigenvalue weighted by Crippen LogP contribution is -2.28. The van der Waals surface area contributed by atoms with Crippen LogP contribution in [0.1, 0.15) is 11.3 Å². The van der Waals surface area contributed by atoms with E-state index in [2.05, 4.69) is 4.98 Å². The minimum Gasteiger partial charge on any atom is -0.467 e. The number of halogens is 1. The molecule has 0 spiro atoms. The smallest absolute Gasteiger partial charge is 0.266 e. The molecule has 0 aliphatic carbocycles. The van der Waals surface area contributed by atoms with E-state index in [0.717, 1.165) is 5.56 Å². The molecule has 0 atom stereocenters. The summed E-state index contributed by atoms with van der Waals surface area (Å²) in [5, 5.41) is 1.50. The monoisotopic (exact) mass is 453 g/mol. The van der Waals surface area contributed by atoms with Gasteiger partial charge >= 0.3 is 0 Å². The minimum atomic E-state index is -0.199. The Labute approximate surface area is 188 Å². The van der Waals surface area contributed by atoms with E-state index in [1.54, 1.807) is 54.6 Å². The molecule has 0 fully saturated rings. The number of carbonyl (C=O) groups excluding carboxylic acids is 1. The standard InChI is InChI=1S/C23H20ClN3O3S/c1-15-18(24)9-5-11-20(15)27-22(29)17-8-3-4-10-19(17)25-23(27)31-14-21(28)26(2)13-16-7-6-12-30-16/h3-12H,13-14H2,1-2H3. The molecule has 2 aromatic carbocycles. The highest BCUT2D eigenvalue weighted by Gasteiger charge is 2.18. The van der Waals surface area contributed by atoms with Gasteiger partial charge in [0.25, 0.3) is 5.56 Å². The normalized spacial score (nSPS) is 11.1. The summed E-state index contributed by atoms with van der Waals surface area (Å²) >= 11 is 7.53. The Balaban J connectivity index is 1.70. The van der Waals surface area contributed by atoms with Crippen LogP contribution in [0.4, 0.5) is 0 Å². The van der Waals surface area contributed by atoms with E-state index in [0.29, 0.717) is 39.1 Å². The Kier molecular flexibility index (Phi) is 6.15. The first-order valence-electron chi connectivity index (χ1n) is 9.62. The lowest BCUT2D eigenvalue weighted by atomic mass is 10.2. The van der Waals surface area contributed by atoms with Gasteiger partial charge in [0.15, 0.2) is 5.16 Å². The molecule has 0 aliphatic rings. The topological polar surface area (TPSA) is 68.3 Å². The van der Waals surface area contributed by atoms with Crippen molar-refractivity contribution in [2.45, 2.75) is 18.6 Å². The van der Waals surface area contributed by atoms with Crippen LogP contribution in [-0.2, 0) is 11.3 Å². The number of hydrogen-bond acceptors (Lipinski definition) is 5. The lowest BCUT2D eigenvalue weighted by Gasteiger charge is -2.18. The molecule has 8 heteroatoms. The molecule has 0 aliphatic heterocycles. The molecule has 0 saturated carbocycles. The van der Waals surface area contributed by atoms with Crippen LogP contribution in [0.2, 0.25) is 5.02 Å². The van der Waals surface area contributed by atoms with Crippen LogP contribution < -0.4 is 5.56 Å². The number of amides is 1. The summed E-state index contributed by atoms with van der Waals surface area (Å²) < 4.78 is 6.85. The molecule has 6 nitrogen and oxygen atoms in total. The largest absolute Gasteiger partial charge is 0.467 e. The molecule has 2 heterocycles. The number of nitrogens with zero attached hydrogens (tertiary/aromatic N) is 3. The van der Waals surface area contributed by atoms with E-state index < -0.39 is 0 Å². The SMILES string of the molecule is Cc1c(Cl)cccc1-n1c(SCC(=O)N(C)Cc2ccco2)nc2ccccc2c1=O. The van der Waals surface area contributed by atoms with E-state index in [1.165, 1.54) is 16.3 Å². The van der Waals surface area contributed by atoms with Crippen molar-refractivity contribution < 1.29 is 9.21 Å². The van der Waals surface area contributed by atoms with Gasteiger partial charge in [-0.1, -0.05) is 41.6 Å². The second-order valence-electron chi connectivity index (χ2n) is 7.05. The molecule has 0 N–H and O–H groups in total. The van der Waals surface area contributed by atoms with Gasteiger partial charge in [-0.3, -0.25) is 14.2 Å². The fourth-order valence-corrected chi connectivity index (χ4v) is 4.34. The average Bonchev–Trinajstić information content (AvgIpc) is 3.27. The highest BCUT2D eigenvalue weighted by atomic mass is 35.5. The van der Waals surface area contributed by atoms with Gasteiger partial charge in [0.05, 0.1) is 35.2 Å². The molecule has 0 unspecified atom stereocenters. The molecule has 4 rings (SSSR count). The van der Waals surface area contributed by atoms with Gasteiger partial charge < -0.3 is 9.32 Å². The van der Waals surface area contributed by atoms with Gasteiger partial charge in [-0.2, -0.15) is 0 Å². The van der Waals surface area contributed by atoms with Crippen LogP contribution in [0.15, 0.2) is 75.2 Å². The Hall–Kier alpha value is -3.03. The maximum absolute atomic E-state index is 13.4. The summed E-state index contributed by atoms with van der Waals surface area (Å²) in [5.41, 5.74) is 1.80. The molecule has 158 valence electrons. The molecule has 2 aromatic heterocycles. The number of thioether (sulfide) groups is 1. The summed E-state index contributed by atoms with van der Waals surface area (Å²) in [5.74, 6) is 0.732. The summed E-state index contributed by atoms with van der Waals surface area (Å²) in [6.07, 6.45) is 1.58. The summed E-state index contributed by atoms with van der Waals surface area (Å²) in [7, 11) is 1.72. The predicted octanol–water partition coefficient (Wildman–Crippen LogP) is 4.69. The number of aromatic nitrogens is 2. The first-order valence-corrected chi connectivity index (χ1v) is 11.0. The quantitative estimate of drug-likeness (QED) is 0.313. The maximum atomic E-state index is 13.4. The summed E-state index contributed by atoms with van der Waals surface area (Å²) in [6.45, 7) is 2.23. The molecule has 31 heavy (non-hydrogen) atoms. The zero-order chi connectivity index (χ0) is 22.0. The maximum Gasteiger partial charge on any atom is 0.266 e. The molecule has 0 saturated heterocycles. The van der Waals surface area contributed by atoms with E-state index in [9.17, 15) is 9.59 Å². The summed E-state index contributed by atoms with van der Waals surface area (Å²) in [6, 6.07) is 16.2. The first kappa shape index (κ1) is 21.2. The zero-order valence-electron chi connectivity index (χ0n) is 17.0. The van der Waals surface area contributed by atoms with Gasteiger partial charge in [-0.15, -0.1) is 0 Å². The van der Waals surface area contributed by atoms with E-state index >= 15 is 0 Å². The fourth-order valence-electron chi connectivity index (χ4n) is 3.22. The van der Waals surface area contributed by atoms with Crippen molar-refractivity contribution in [3.05, 3.63) is 87.6 Å². The van der Waals surface area contributed by atoms with Crippen LogP contribution in [0, 0.1) is 6.92 Å². The van der Waals surface area contributed by atoms with E-state index in [1.807, 2.05) is 25.1 Å². The Bertz CT molecular complexity index is 1300. The second kappa shape index (κ2) is 8.99. The van der Waals surface area contributed by atoms with Crippen LogP contribution in [0.5, 0.6) is 0 Å². The number of rotatable bonds is 6. The van der Waals surface area contributed by atoms with Gasteiger partial charge in [0.2, 0.25) is 5.91 Å². The molecular weight excluding hydrogens is 434 g/mol. The Morgan fingerprint density at radius 1 is 1.16 bits per heavy atom. The zero-order valence-corrected chi connectivity index (χ0v) is 18.6. The molecular formula is C23H20ClN3O3S. The second-order valence-corrected chi connectivity index (χ2v) is 8.40. The van der Waals surface area contributed by atoms with Crippen LogP contribution in [-0.4, -0.2) is 33.2 Å². The van der Waals surface area contributed by atoms with Crippen LogP contribution in [0.25, 0.3) is 16.6 Å². The number of fused-ring (bicyclic) bond motifs is 1. The Morgan fingerprint density at radius 3 is 2.74 bits per heavy atom. The highest BCUT2D eigenvalue weighted by molar-refractivity contribution is 7.99. The van der Waals surface area contributed by atoms with Crippen molar-refractivity contribution in [1.82, 2.24) is 14.5 Å². The van der Waals surface area contributed by atoms with Crippen LogP contribution >= 0.6 is 23.4 Å². The Morgan fingerprint density at radius 2 is 1.97 bits per heavy atom. The van der Waals surface area contributed by atoms with Crippen molar-refractivity contribution in [2.24, 2.45) is 0 Å². The van der Waals surface area contributed by atoms with E-state index in [4.69, 9.17) is 16.0 Å².